The predicted molar refractivity (Wildman–Crippen MR) is 91.9 cm³/mol. The third kappa shape index (κ3) is 5.85. The number of amides is 1. The zero-order valence-corrected chi connectivity index (χ0v) is 14.3. The summed E-state index contributed by atoms with van der Waals surface area (Å²) in [5, 5.41) is 6.36. The first kappa shape index (κ1) is 18.8. The maximum atomic E-state index is 11.8. The monoisotopic (exact) mass is 326 g/mol. The van der Waals surface area contributed by atoms with Gasteiger partial charge in [-0.25, -0.2) is 0 Å². The topological polar surface area (TPSA) is 50.4 Å². The number of aryl methyl sites for hydroxylation is 1. The van der Waals surface area contributed by atoms with Gasteiger partial charge in [0.15, 0.2) is 0 Å². The normalized spacial score (nSPS) is 17.5. The summed E-state index contributed by atoms with van der Waals surface area (Å²) in [5.74, 6) is 1.52. The van der Waals surface area contributed by atoms with E-state index in [2.05, 4.69) is 23.6 Å². The number of rotatable bonds is 6. The van der Waals surface area contributed by atoms with Gasteiger partial charge in [-0.3, -0.25) is 4.79 Å². The molecule has 1 saturated heterocycles. The second-order valence-electron chi connectivity index (χ2n) is 5.81. The van der Waals surface area contributed by atoms with Crippen LogP contribution in [0.15, 0.2) is 18.2 Å². The van der Waals surface area contributed by atoms with E-state index >= 15 is 0 Å². The van der Waals surface area contributed by atoms with Gasteiger partial charge in [0.25, 0.3) is 0 Å². The van der Waals surface area contributed by atoms with Crippen molar-refractivity contribution in [3.63, 3.8) is 0 Å². The highest BCUT2D eigenvalue weighted by molar-refractivity contribution is 5.85. The lowest BCUT2D eigenvalue weighted by Crippen LogP contribution is -2.38. The molecule has 22 heavy (non-hydrogen) atoms. The van der Waals surface area contributed by atoms with Crippen LogP contribution >= 0.6 is 12.4 Å². The van der Waals surface area contributed by atoms with Gasteiger partial charge in [-0.1, -0.05) is 12.1 Å². The first-order chi connectivity index (χ1) is 10.2. The first-order valence-electron chi connectivity index (χ1n) is 7.83. The second kappa shape index (κ2) is 9.70. The van der Waals surface area contributed by atoms with Crippen molar-refractivity contribution in [2.75, 3.05) is 26.2 Å². The van der Waals surface area contributed by atoms with Crippen molar-refractivity contribution < 1.29 is 9.53 Å². The summed E-state index contributed by atoms with van der Waals surface area (Å²) in [6.07, 6.45) is 2.82. The molecule has 1 fully saturated rings. The molecular weight excluding hydrogens is 300 g/mol. The third-order valence-electron chi connectivity index (χ3n) is 4.13. The number of halogens is 1. The van der Waals surface area contributed by atoms with Crippen LogP contribution in [0.4, 0.5) is 0 Å². The second-order valence-corrected chi connectivity index (χ2v) is 5.81. The molecule has 2 rings (SSSR count). The average Bonchev–Trinajstić information content (AvgIpc) is 2.50. The van der Waals surface area contributed by atoms with Crippen molar-refractivity contribution in [2.24, 2.45) is 5.92 Å². The zero-order valence-electron chi connectivity index (χ0n) is 13.5. The summed E-state index contributed by atoms with van der Waals surface area (Å²) in [6.45, 7) is 7.43. The van der Waals surface area contributed by atoms with Gasteiger partial charge >= 0.3 is 0 Å². The maximum Gasteiger partial charge on any atom is 0.223 e. The highest BCUT2D eigenvalue weighted by Crippen LogP contribution is 2.20. The smallest absolute Gasteiger partial charge is 0.223 e. The number of nitrogens with one attached hydrogen (secondary N) is 2. The van der Waals surface area contributed by atoms with E-state index in [1.807, 2.05) is 19.1 Å². The Morgan fingerprint density at radius 3 is 2.95 bits per heavy atom. The molecule has 2 N–H and O–H groups in total. The molecule has 1 aliphatic heterocycles. The van der Waals surface area contributed by atoms with E-state index < -0.39 is 0 Å². The van der Waals surface area contributed by atoms with Gasteiger partial charge in [-0.2, -0.15) is 0 Å². The fourth-order valence-corrected chi connectivity index (χ4v) is 2.58. The van der Waals surface area contributed by atoms with E-state index in [-0.39, 0.29) is 18.3 Å². The van der Waals surface area contributed by atoms with Crippen LogP contribution in [0.5, 0.6) is 5.75 Å². The Morgan fingerprint density at radius 1 is 1.41 bits per heavy atom. The summed E-state index contributed by atoms with van der Waals surface area (Å²) in [5.41, 5.74) is 2.35. The third-order valence-corrected chi connectivity index (χ3v) is 4.13. The fraction of sp³-hybridized carbons (Fsp3) is 0.588. The largest absolute Gasteiger partial charge is 0.493 e. The van der Waals surface area contributed by atoms with Gasteiger partial charge in [0.2, 0.25) is 5.91 Å². The molecule has 1 aromatic rings. The highest BCUT2D eigenvalue weighted by atomic mass is 35.5. The lowest BCUT2D eigenvalue weighted by molar-refractivity contribution is -0.121. The van der Waals surface area contributed by atoms with Crippen LogP contribution in [0.3, 0.4) is 0 Å². The molecule has 0 aliphatic carbocycles. The van der Waals surface area contributed by atoms with Crippen LogP contribution in [0, 0.1) is 19.8 Å². The number of carbonyl (C=O) groups is 1. The predicted octanol–water partition coefficient (Wildman–Crippen LogP) is 2.61. The quantitative estimate of drug-likeness (QED) is 0.845. The van der Waals surface area contributed by atoms with Crippen LogP contribution in [-0.2, 0) is 4.79 Å². The Morgan fingerprint density at radius 2 is 2.23 bits per heavy atom. The molecular formula is C17H27ClN2O2. The van der Waals surface area contributed by atoms with Gasteiger partial charge < -0.3 is 15.4 Å². The number of carbonyl (C=O) groups excluding carboxylic acids is 1. The van der Waals surface area contributed by atoms with Crippen molar-refractivity contribution in [3.8, 4) is 5.75 Å². The van der Waals surface area contributed by atoms with E-state index in [9.17, 15) is 4.79 Å². The van der Waals surface area contributed by atoms with Gasteiger partial charge in [0, 0.05) is 6.54 Å². The van der Waals surface area contributed by atoms with Crippen molar-refractivity contribution in [1.29, 1.82) is 0 Å². The Labute approximate surface area is 139 Å². The molecule has 1 atom stereocenters. The molecule has 0 aromatic heterocycles. The van der Waals surface area contributed by atoms with Crippen LogP contribution in [0.2, 0.25) is 0 Å². The van der Waals surface area contributed by atoms with Crippen LogP contribution in [-0.4, -0.2) is 32.1 Å². The molecule has 0 saturated carbocycles. The molecule has 1 heterocycles. The molecule has 124 valence electrons. The minimum atomic E-state index is 0. The van der Waals surface area contributed by atoms with Crippen molar-refractivity contribution in [3.05, 3.63) is 29.3 Å². The minimum Gasteiger partial charge on any atom is -0.493 e. The van der Waals surface area contributed by atoms with Crippen LogP contribution in [0.1, 0.15) is 30.4 Å². The van der Waals surface area contributed by atoms with Crippen LogP contribution < -0.4 is 15.4 Å². The number of benzene rings is 1. The lowest BCUT2D eigenvalue weighted by Gasteiger charge is -2.22. The summed E-state index contributed by atoms with van der Waals surface area (Å²) in [6, 6.07) is 5.99. The van der Waals surface area contributed by atoms with Gasteiger partial charge in [0.05, 0.1) is 13.0 Å². The Kier molecular flexibility index (Phi) is 8.28. The molecule has 4 nitrogen and oxygen atoms in total. The summed E-state index contributed by atoms with van der Waals surface area (Å²) >= 11 is 0. The summed E-state index contributed by atoms with van der Waals surface area (Å²) in [4.78, 5) is 11.8. The van der Waals surface area contributed by atoms with Crippen molar-refractivity contribution >= 4 is 18.3 Å². The van der Waals surface area contributed by atoms with Crippen LogP contribution in [0.25, 0.3) is 0 Å². The van der Waals surface area contributed by atoms with E-state index in [0.717, 1.165) is 30.9 Å². The molecule has 0 radical (unpaired) electrons. The summed E-state index contributed by atoms with van der Waals surface area (Å²) < 4.78 is 5.71. The molecule has 1 aromatic carbocycles. The summed E-state index contributed by atoms with van der Waals surface area (Å²) in [7, 11) is 0. The Hall–Kier alpha value is -1.26. The fourth-order valence-electron chi connectivity index (χ4n) is 2.58. The van der Waals surface area contributed by atoms with E-state index in [1.165, 1.54) is 18.4 Å². The average molecular weight is 327 g/mol. The zero-order chi connectivity index (χ0) is 15.1. The van der Waals surface area contributed by atoms with E-state index in [4.69, 9.17) is 4.74 Å². The van der Waals surface area contributed by atoms with Crippen molar-refractivity contribution in [2.45, 2.75) is 33.1 Å². The number of hydrogen-bond donors (Lipinski definition) is 2. The molecule has 1 amide bonds. The SMILES string of the molecule is Cc1cccc(OCCC(=O)NCC2CCCNC2)c1C.Cl. The Bertz CT molecular complexity index is 474. The number of ether oxygens (including phenoxy) is 1. The molecule has 1 aliphatic rings. The van der Waals surface area contributed by atoms with Gasteiger partial charge in [0.1, 0.15) is 5.75 Å². The van der Waals surface area contributed by atoms with Gasteiger partial charge in [-0.15, -0.1) is 12.4 Å². The van der Waals surface area contributed by atoms with E-state index in [1.54, 1.807) is 0 Å². The standard InChI is InChI=1S/C17H26N2O2.ClH/c1-13-5-3-7-16(14(13)2)21-10-8-17(20)19-12-15-6-4-9-18-11-15;/h3,5,7,15,18H,4,6,8-12H2,1-2H3,(H,19,20);1H. The van der Waals surface area contributed by atoms with Crippen molar-refractivity contribution in [1.82, 2.24) is 10.6 Å². The number of piperidine rings is 1. The molecule has 5 heteroatoms. The first-order valence-corrected chi connectivity index (χ1v) is 7.83. The molecule has 0 spiro atoms. The van der Waals surface area contributed by atoms with E-state index in [0.29, 0.717) is 18.9 Å². The molecule has 1 unspecified atom stereocenters. The maximum absolute atomic E-state index is 11.8. The lowest BCUT2D eigenvalue weighted by atomic mass is 10.00. The van der Waals surface area contributed by atoms with Gasteiger partial charge in [-0.05, 0) is 62.9 Å². The Balaban J connectivity index is 0.00000242. The highest BCUT2D eigenvalue weighted by Gasteiger charge is 2.13. The number of hydrogen-bond acceptors (Lipinski definition) is 3. The minimum absolute atomic E-state index is 0. The molecule has 0 bridgehead atoms.